The summed E-state index contributed by atoms with van der Waals surface area (Å²) >= 11 is 0. The van der Waals surface area contributed by atoms with E-state index >= 15 is 0 Å². The molecule has 1 fully saturated rings. The number of aryl methyl sites for hydroxylation is 1. The fourth-order valence-electron chi connectivity index (χ4n) is 3.92. The Bertz CT molecular complexity index is 817. The highest BCUT2D eigenvalue weighted by molar-refractivity contribution is 5.82. The Morgan fingerprint density at radius 2 is 1.74 bits per heavy atom. The lowest BCUT2D eigenvalue weighted by atomic mass is 9.70. The van der Waals surface area contributed by atoms with E-state index in [1.807, 2.05) is 24.3 Å². The van der Waals surface area contributed by atoms with Crippen LogP contribution in [0.4, 0.5) is 0 Å². The minimum atomic E-state index is -0.992. The molecule has 140 valence electrons. The van der Waals surface area contributed by atoms with Crippen molar-refractivity contribution in [2.45, 2.75) is 52.4 Å². The highest BCUT2D eigenvalue weighted by atomic mass is 16.5. The molecule has 3 rings (SSSR count). The summed E-state index contributed by atoms with van der Waals surface area (Å²) < 4.78 is 5.61. The third-order valence-corrected chi connectivity index (χ3v) is 5.80. The lowest BCUT2D eigenvalue weighted by molar-refractivity contribution is -0.145. The van der Waals surface area contributed by atoms with Gasteiger partial charge < -0.3 is 4.74 Å². The van der Waals surface area contributed by atoms with Crippen LogP contribution in [0.5, 0.6) is 5.75 Å². The summed E-state index contributed by atoms with van der Waals surface area (Å²) in [5.41, 5.74) is 2.53. The van der Waals surface area contributed by atoms with E-state index in [9.17, 15) is 10.1 Å². The van der Waals surface area contributed by atoms with Crippen molar-refractivity contribution in [2.75, 3.05) is 0 Å². The molecule has 0 saturated heterocycles. The first kappa shape index (κ1) is 19.2. The van der Waals surface area contributed by atoms with Gasteiger partial charge in [0, 0.05) is 0 Å². The van der Waals surface area contributed by atoms with Gasteiger partial charge in [-0.05, 0) is 54.0 Å². The molecule has 1 aliphatic carbocycles. The third-order valence-electron chi connectivity index (χ3n) is 5.80. The molecule has 0 aliphatic heterocycles. The minimum absolute atomic E-state index is 0.400. The van der Waals surface area contributed by atoms with Crippen LogP contribution in [0.1, 0.15) is 51.5 Å². The molecule has 0 N–H and O–H groups in total. The van der Waals surface area contributed by atoms with E-state index < -0.39 is 11.4 Å². The molecular formula is C24H27NO2. The van der Waals surface area contributed by atoms with E-state index in [-0.39, 0.29) is 0 Å². The average molecular weight is 361 g/mol. The van der Waals surface area contributed by atoms with Crippen molar-refractivity contribution >= 4 is 5.97 Å². The Morgan fingerprint density at radius 1 is 1.11 bits per heavy atom. The van der Waals surface area contributed by atoms with Gasteiger partial charge in [-0.25, -0.2) is 4.79 Å². The first-order valence-corrected chi connectivity index (χ1v) is 9.93. The molecule has 1 saturated carbocycles. The van der Waals surface area contributed by atoms with Crippen molar-refractivity contribution in [1.82, 2.24) is 0 Å². The molecule has 2 aromatic carbocycles. The van der Waals surface area contributed by atoms with Gasteiger partial charge in [-0.3, -0.25) is 0 Å². The second-order valence-electron chi connectivity index (χ2n) is 7.53. The molecule has 27 heavy (non-hydrogen) atoms. The molecule has 0 spiro atoms. The summed E-state index contributed by atoms with van der Waals surface area (Å²) in [6, 6.07) is 18.3. The maximum atomic E-state index is 12.8. The Hall–Kier alpha value is -2.60. The van der Waals surface area contributed by atoms with Crippen LogP contribution in [0, 0.1) is 22.7 Å². The number of carbonyl (C=O) groups is 1. The molecule has 0 radical (unpaired) electrons. The van der Waals surface area contributed by atoms with Crippen molar-refractivity contribution in [3.8, 4) is 22.9 Å². The first-order valence-electron chi connectivity index (χ1n) is 9.93. The topological polar surface area (TPSA) is 50.1 Å². The fourth-order valence-corrected chi connectivity index (χ4v) is 3.92. The highest BCUT2D eigenvalue weighted by Crippen LogP contribution is 2.41. The standard InChI is InChI=1S/C24H27NO2/c1-3-18-7-9-20(10-8-18)21-11-13-22(14-12-21)27-23(26)24(17-25)15-5-6-19(4-2)16-24/h7-14,19H,3-6,15-16H2,1-2H3. The number of esters is 1. The molecule has 2 atom stereocenters. The van der Waals surface area contributed by atoms with Crippen molar-refractivity contribution in [1.29, 1.82) is 5.26 Å². The van der Waals surface area contributed by atoms with Gasteiger partial charge in [0.2, 0.25) is 0 Å². The molecular weight excluding hydrogens is 334 g/mol. The minimum Gasteiger partial charge on any atom is -0.425 e. The molecule has 3 heteroatoms. The Kier molecular flexibility index (Phi) is 5.96. The number of carbonyl (C=O) groups excluding carboxylic acids is 1. The van der Waals surface area contributed by atoms with Crippen molar-refractivity contribution in [3.63, 3.8) is 0 Å². The summed E-state index contributed by atoms with van der Waals surface area (Å²) in [7, 11) is 0. The van der Waals surface area contributed by atoms with Crippen LogP contribution < -0.4 is 4.74 Å². The van der Waals surface area contributed by atoms with Gasteiger partial charge >= 0.3 is 5.97 Å². The Labute approximate surface area is 162 Å². The smallest absolute Gasteiger partial charge is 0.331 e. The lowest BCUT2D eigenvalue weighted by Gasteiger charge is -2.33. The van der Waals surface area contributed by atoms with Gasteiger partial charge in [-0.2, -0.15) is 5.26 Å². The van der Waals surface area contributed by atoms with E-state index in [0.29, 0.717) is 24.5 Å². The zero-order valence-electron chi connectivity index (χ0n) is 16.2. The lowest BCUT2D eigenvalue weighted by Crippen LogP contribution is -2.38. The summed E-state index contributed by atoms with van der Waals surface area (Å²) in [5.74, 6) is 0.532. The van der Waals surface area contributed by atoms with Gasteiger partial charge in [0.25, 0.3) is 0 Å². The third kappa shape index (κ3) is 4.22. The number of hydrogen-bond acceptors (Lipinski definition) is 3. The highest BCUT2D eigenvalue weighted by Gasteiger charge is 2.44. The van der Waals surface area contributed by atoms with Crippen LogP contribution in [0.25, 0.3) is 11.1 Å². The van der Waals surface area contributed by atoms with Crippen molar-refractivity contribution in [3.05, 3.63) is 54.1 Å². The zero-order chi connectivity index (χ0) is 19.3. The van der Waals surface area contributed by atoms with Crippen LogP contribution in [0.15, 0.2) is 48.5 Å². The maximum absolute atomic E-state index is 12.8. The number of benzene rings is 2. The van der Waals surface area contributed by atoms with Gasteiger partial charge in [-0.1, -0.05) is 69.5 Å². The van der Waals surface area contributed by atoms with E-state index in [1.165, 1.54) is 5.56 Å². The van der Waals surface area contributed by atoms with Crippen LogP contribution in [0.3, 0.4) is 0 Å². The van der Waals surface area contributed by atoms with Crippen LogP contribution in [-0.4, -0.2) is 5.97 Å². The first-order chi connectivity index (χ1) is 13.1. The number of nitriles is 1. The van der Waals surface area contributed by atoms with E-state index in [0.717, 1.165) is 36.8 Å². The number of ether oxygens (including phenoxy) is 1. The van der Waals surface area contributed by atoms with Gasteiger partial charge in [0.1, 0.15) is 5.75 Å². The normalized spacial score (nSPS) is 22.0. The SMILES string of the molecule is CCc1ccc(-c2ccc(OC(=O)C3(C#N)CCCC(CC)C3)cc2)cc1. The number of nitrogens with zero attached hydrogens (tertiary/aromatic N) is 1. The van der Waals surface area contributed by atoms with Gasteiger partial charge in [0.05, 0.1) is 6.07 Å². The van der Waals surface area contributed by atoms with Crippen LogP contribution >= 0.6 is 0 Å². The molecule has 0 bridgehead atoms. The summed E-state index contributed by atoms with van der Waals surface area (Å²) in [6.07, 6.45) is 5.24. The molecule has 2 unspecified atom stereocenters. The quantitative estimate of drug-likeness (QED) is 0.490. The molecule has 3 nitrogen and oxygen atoms in total. The van der Waals surface area contributed by atoms with Crippen molar-refractivity contribution < 1.29 is 9.53 Å². The van der Waals surface area contributed by atoms with Gasteiger partial charge in [-0.15, -0.1) is 0 Å². The van der Waals surface area contributed by atoms with E-state index in [1.54, 1.807) is 0 Å². The molecule has 0 amide bonds. The zero-order valence-corrected chi connectivity index (χ0v) is 16.2. The Balaban J connectivity index is 1.71. The van der Waals surface area contributed by atoms with Crippen molar-refractivity contribution in [2.24, 2.45) is 11.3 Å². The monoisotopic (exact) mass is 361 g/mol. The van der Waals surface area contributed by atoms with E-state index in [4.69, 9.17) is 4.74 Å². The summed E-state index contributed by atoms with van der Waals surface area (Å²) in [6.45, 7) is 4.26. The summed E-state index contributed by atoms with van der Waals surface area (Å²) in [5, 5.41) is 9.69. The number of hydrogen-bond donors (Lipinski definition) is 0. The van der Waals surface area contributed by atoms with Crippen LogP contribution in [-0.2, 0) is 11.2 Å². The predicted molar refractivity (Wildman–Crippen MR) is 107 cm³/mol. The van der Waals surface area contributed by atoms with E-state index in [2.05, 4.69) is 44.2 Å². The van der Waals surface area contributed by atoms with Gasteiger partial charge in [0.15, 0.2) is 5.41 Å². The van der Waals surface area contributed by atoms with Crippen LogP contribution in [0.2, 0.25) is 0 Å². The molecule has 0 aromatic heterocycles. The second-order valence-corrected chi connectivity index (χ2v) is 7.53. The number of rotatable bonds is 5. The summed E-state index contributed by atoms with van der Waals surface area (Å²) in [4.78, 5) is 12.8. The predicted octanol–water partition coefficient (Wildman–Crippen LogP) is 5.93. The average Bonchev–Trinajstić information content (AvgIpc) is 2.74. The largest absolute Gasteiger partial charge is 0.425 e. The molecule has 2 aromatic rings. The Morgan fingerprint density at radius 3 is 2.30 bits per heavy atom. The second kappa shape index (κ2) is 8.39. The molecule has 1 aliphatic rings. The maximum Gasteiger partial charge on any atom is 0.331 e. The molecule has 0 heterocycles. The fraction of sp³-hybridized carbons (Fsp3) is 0.417.